The normalized spacial score (nSPS) is 13.7. The van der Waals surface area contributed by atoms with E-state index < -0.39 is 16.9 Å². The Kier molecular flexibility index (Phi) is 14.5. The maximum absolute atomic E-state index is 8.77. The van der Waals surface area contributed by atoms with Crippen LogP contribution in [0.5, 0.6) is 0 Å². The van der Waals surface area contributed by atoms with Crippen LogP contribution in [0.1, 0.15) is 41.5 Å². The van der Waals surface area contributed by atoms with E-state index >= 15 is 0 Å². The van der Waals surface area contributed by atoms with Crippen molar-refractivity contribution in [2.24, 2.45) is 0 Å². The molecule has 0 fully saturated rings. The van der Waals surface area contributed by atoms with Gasteiger partial charge in [-0.25, -0.2) is 0 Å². The van der Waals surface area contributed by atoms with Gasteiger partial charge in [0.15, 0.2) is 0 Å². The van der Waals surface area contributed by atoms with Crippen LogP contribution in [0.15, 0.2) is 0 Å². The fourth-order valence-corrected chi connectivity index (χ4v) is 8.08. The molecule has 0 amide bonds. The molecule has 0 saturated heterocycles. The van der Waals surface area contributed by atoms with Gasteiger partial charge >= 0.3 is 104 Å². The van der Waals surface area contributed by atoms with Crippen molar-refractivity contribution in [3.8, 4) is 0 Å². The van der Waals surface area contributed by atoms with Crippen LogP contribution in [-0.4, -0.2) is 40.7 Å². The van der Waals surface area contributed by atoms with Gasteiger partial charge in [0.2, 0.25) is 0 Å². The zero-order chi connectivity index (χ0) is 15.6. The minimum atomic E-state index is -2.39. The number of hydrogen-bond acceptors (Lipinski definition) is 5. The average Bonchev–Trinajstić information content (AvgIpc) is 2.12. The molecule has 118 valence electrons. The molecule has 0 aliphatic rings. The summed E-state index contributed by atoms with van der Waals surface area (Å²) >= 11 is -0.300. The molecule has 0 heterocycles. The van der Waals surface area contributed by atoms with Gasteiger partial charge in [-0.15, -0.1) is 0 Å². The van der Waals surface area contributed by atoms with Crippen LogP contribution in [0.3, 0.4) is 0 Å². The van der Waals surface area contributed by atoms with Gasteiger partial charge < -0.3 is 4.55 Å². The third kappa shape index (κ3) is 15.7. The van der Waals surface area contributed by atoms with Crippen molar-refractivity contribution in [2.45, 2.75) is 59.9 Å². The van der Waals surface area contributed by atoms with Crippen LogP contribution in [0.2, 0.25) is 0 Å². The van der Waals surface area contributed by atoms with E-state index in [4.69, 9.17) is 32.4 Å². The van der Waals surface area contributed by atoms with Crippen molar-refractivity contribution < 1.29 is 22.3 Å². The first-order valence-corrected chi connectivity index (χ1v) is 13.5. The second-order valence-corrected chi connectivity index (χ2v) is 12.8. The van der Waals surface area contributed by atoms with E-state index in [2.05, 4.69) is 10.7 Å². The monoisotopic (exact) mass is 422 g/mol. The molecule has 0 saturated carbocycles. The molecule has 0 spiro atoms. The summed E-state index contributed by atoms with van der Waals surface area (Å²) < 4.78 is 34.8. The Morgan fingerprint density at radius 1 is 1.00 bits per heavy atom. The van der Waals surface area contributed by atoms with Gasteiger partial charge in [0.1, 0.15) is 0 Å². The Morgan fingerprint density at radius 2 is 1.21 bits per heavy atom. The summed E-state index contributed by atoms with van der Waals surface area (Å²) in [5, 5.41) is 0. The summed E-state index contributed by atoms with van der Waals surface area (Å²) in [6.45, 7) is 9.46. The standard InChI is InChI=1S/C9H21ClO3PSe.ClHO2S/c1-7(2)11-14(15-10,12-8(3)4)13-9(5)6;1-4(2)3/h7-9H,1-6H3;(H,2,3)/q+1;/p-1. The van der Waals surface area contributed by atoms with E-state index in [9.17, 15) is 0 Å². The molecule has 0 aromatic carbocycles. The first-order valence-electron chi connectivity index (χ1n) is 5.54. The zero-order valence-corrected chi connectivity index (χ0v) is 16.7. The predicted molar refractivity (Wildman–Crippen MR) is 82.0 cm³/mol. The molecular formula is C9H21Cl2O5PSSe. The maximum atomic E-state index is 8.77. The number of halogens is 2. The van der Waals surface area contributed by atoms with Crippen molar-refractivity contribution in [3.63, 3.8) is 0 Å². The van der Waals surface area contributed by atoms with Gasteiger partial charge in [0, 0.05) is 10.3 Å². The molecule has 1 unspecified atom stereocenters. The first-order chi connectivity index (χ1) is 8.54. The van der Waals surface area contributed by atoms with E-state index in [-0.39, 0.29) is 31.9 Å². The summed E-state index contributed by atoms with van der Waals surface area (Å²) in [7, 11) is 7.80. The molecular weight excluding hydrogens is 401 g/mol. The van der Waals surface area contributed by atoms with Crippen molar-refractivity contribution in [3.05, 3.63) is 0 Å². The number of hydrogen-bond donors (Lipinski definition) is 0. The number of rotatable bonds is 7. The van der Waals surface area contributed by atoms with Gasteiger partial charge in [0.25, 0.3) is 0 Å². The van der Waals surface area contributed by atoms with E-state index in [1.807, 2.05) is 41.5 Å². The van der Waals surface area contributed by atoms with E-state index in [1.54, 1.807) is 0 Å². The zero-order valence-electron chi connectivity index (χ0n) is 11.8. The van der Waals surface area contributed by atoms with E-state index in [0.29, 0.717) is 0 Å². The maximum Gasteiger partial charge on any atom is 0.0422 e. The molecule has 0 N–H and O–H groups in total. The minimum absolute atomic E-state index is 0.0662. The molecule has 0 aliphatic heterocycles. The Morgan fingerprint density at radius 3 is 1.32 bits per heavy atom. The average molecular weight is 422 g/mol. The molecule has 0 aliphatic carbocycles. The van der Waals surface area contributed by atoms with Crippen LogP contribution < -0.4 is 0 Å². The Bertz CT molecular complexity index is 228. The molecule has 0 aromatic rings. The van der Waals surface area contributed by atoms with Gasteiger partial charge in [-0.2, -0.15) is 0 Å². The van der Waals surface area contributed by atoms with Crippen LogP contribution in [-0.2, 0) is 23.9 Å². The third-order valence-electron chi connectivity index (χ3n) is 1.10. The van der Waals surface area contributed by atoms with Gasteiger partial charge in [-0.05, 0) is 10.7 Å². The summed E-state index contributed by atoms with van der Waals surface area (Å²) in [6, 6.07) is 0. The first kappa shape index (κ1) is 22.8. The van der Waals surface area contributed by atoms with Crippen molar-refractivity contribution >= 4 is 51.3 Å². The largest absolute Gasteiger partial charge is 0.760 e. The molecule has 0 aromatic heterocycles. The van der Waals surface area contributed by atoms with Gasteiger partial charge in [0.05, 0.1) is 0 Å². The Labute approximate surface area is 133 Å². The van der Waals surface area contributed by atoms with Crippen LogP contribution in [0.4, 0.5) is 0 Å². The van der Waals surface area contributed by atoms with E-state index in [0.717, 1.165) is 0 Å². The summed E-state index contributed by atoms with van der Waals surface area (Å²) in [5.41, 5.74) is 0. The van der Waals surface area contributed by atoms with Crippen LogP contribution in [0.25, 0.3) is 0 Å². The van der Waals surface area contributed by atoms with Crippen molar-refractivity contribution in [1.82, 2.24) is 0 Å². The molecule has 5 nitrogen and oxygen atoms in total. The topological polar surface area (TPSA) is 67.8 Å². The molecule has 10 heteroatoms. The second-order valence-electron chi connectivity index (χ2n) is 4.17. The summed E-state index contributed by atoms with van der Waals surface area (Å²) in [6.07, 6.45) is 0.198. The Balaban J connectivity index is 0. The fourth-order valence-electron chi connectivity index (χ4n) is 0.898. The minimum Gasteiger partial charge on any atom is -0.760 e. The van der Waals surface area contributed by atoms with Crippen molar-refractivity contribution in [2.75, 3.05) is 0 Å². The van der Waals surface area contributed by atoms with Gasteiger partial charge in [-0.1, -0.05) is 0 Å². The smallest absolute Gasteiger partial charge is 0.0422 e. The SMILES string of the molecule is CC(C)O[P+](OC(C)C)(OC(C)C)[Se]Cl.O=S([O-])Cl. The fraction of sp³-hybridized carbons (Fsp3) is 1.00. The van der Waals surface area contributed by atoms with Crippen LogP contribution in [0, 0.1) is 0 Å². The van der Waals surface area contributed by atoms with Crippen LogP contribution >= 0.6 is 27.4 Å². The quantitative estimate of drug-likeness (QED) is 0.270. The second kappa shape index (κ2) is 12.1. The van der Waals surface area contributed by atoms with E-state index in [1.165, 1.54) is 0 Å². The molecule has 19 heavy (non-hydrogen) atoms. The summed E-state index contributed by atoms with van der Waals surface area (Å²) in [5.74, 6) is 0. The molecule has 1 atom stereocenters. The Hall–Kier alpha value is 1.52. The molecule has 0 bridgehead atoms. The summed E-state index contributed by atoms with van der Waals surface area (Å²) in [4.78, 5) is 0. The molecule has 0 rings (SSSR count). The third-order valence-corrected chi connectivity index (χ3v) is 8.64. The molecule has 0 radical (unpaired) electrons. The van der Waals surface area contributed by atoms with Gasteiger partial charge in [-0.3, -0.25) is 4.21 Å². The van der Waals surface area contributed by atoms with Crippen molar-refractivity contribution in [1.29, 1.82) is 0 Å². The predicted octanol–water partition coefficient (Wildman–Crippen LogP) is 3.82.